The normalized spacial score (nSPS) is 13.9. The molecule has 0 saturated heterocycles. The highest BCUT2D eigenvalue weighted by molar-refractivity contribution is 6.30. The molecule has 3 heteroatoms. The highest BCUT2D eigenvalue weighted by Crippen LogP contribution is 2.20. The fraction of sp³-hybridized carbons (Fsp3) is 0.500. The lowest BCUT2D eigenvalue weighted by Crippen LogP contribution is -2.16. The highest BCUT2D eigenvalue weighted by atomic mass is 35.5. The summed E-state index contributed by atoms with van der Waals surface area (Å²) < 4.78 is 0. The van der Waals surface area contributed by atoms with Crippen molar-refractivity contribution >= 4 is 11.6 Å². The van der Waals surface area contributed by atoms with Gasteiger partial charge in [0.15, 0.2) is 0 Å². The van der Waals surface area contributed by atoms with Crippen LogP contribution in [-0.4, -0.2) is 4.98 Å². The average Bonchev–Trinajstić information content (AvgIpc) is 2.34. The van der Waals surface area contributed by atoms with E-state index >= 15 is 0 Å². The van der Waals surface area contributed by atoms with E-state index < -0.39 is 0 Å². The Kier molecular flexibility index (Phi) is 2.58. The molecule has 0 fully saturated rings. The number of H-pyrrole nitrogens is 1. The Balaban J connectivity index is 2.76. The van der Waals surface area contributed by atoms with Crippen LogP contribution >= 0.6 is 11.6 Å². The Morgan fingerprint density at radius 3 is 2.55 bits per heavy atom. The maximum absolute atomic E-state index is 5.86. The van der Waals surface area contributed by atoms with Gasteiger partial charge in [0.25, 0.3) is 0 Å². The number of nitrogens with two attached hydrogens (primary N) is 1. The molecular weight excluding hydrogens is 160 g/mol. The van der Waals surface area contributed by atoms with E-state index in [1.54, 1.807) is 6.20 Å². The first-order chi connectivity index (χ1) is 5.11. The van der Waals surface area contributed by atoms with E-state index in [0.717, 1.165) is 10.7 Å². The average molecular weight is 173 g/mol. The van der Waals surface area contributed by atoms with E-state index in [2.05, 4.69) is 18.8 Å². The van der Waals surface area contributed by atoms with Crippen molar-refractivity contribution in [2.45, 2.75) is 19.9 Å². The van der Waals surface area contributed by atoms with Crippen LogP contribution < -0.4 is 5.73 Å². The van der Waals surface area contributed by atoms with E-state index in [1.807, 2.05) is 6.07 Å². The number of aromatic nitrogens is 1. The summed E-state index contributed by atoms with van der Waals surface area (Å²) in [6.07, 6.45) is 1.75. The molecule has 1 rings (SSSR count). The van der Waals surface area contributed by atoms with Crippen molar-refractivity contribution in [3.05, 3.63) is 23.0 Å². The van der Waals surface area contributed by atoms with Gasteiger partial charge >= 0.3 is 0 Å². The molecular formula is C8H13ClN2. The third-order valence-electron chi connectivity index (χ3n) is 1.75. The number of rotatable bonds is 2. The molecule has 0 aliphatic heterocycles. The lowest BCUT2D eigenvalue weighted by Gasteiger charge is -2.12. The van der Waals surface area contributed by atoms with E-state index in [4.69, 9.17) is 17.3 Å². The van der Waals surface area contributed by atoms with Crippen LogP contribution in [0.2, 0.25) is 5.02 Å². The summed E-state index contributed by atoms with van der Waals surface area (Å²) in [5.74, 6) is 0.435. The molecule has 0 bridgehead atoms. The summed E-state index contributed by atoms with van der Waals surface area (Å²) in [6.45, 7) is 4.17. The minimum absolute atomic E-state index is 0.0579. The predicted octanol–water partition coefficient (Wildman–Crippen LogP) is 2.32. The van der Waals surface area contributed by atoms with Gasteiger partial charge in [-0.3, -0.25) is 0 Å². The predicted molar refractivity (Wildman–Crippen MR) is 47.6 cm³/mol. The van der Waals surface area contributed by atoms with Crippen molar-refractivity contribution in [1.29, 1.82) is 0 Å². The third-order valence-corrected chi connectivity index (χ3v) is 1.97. The fourth-order valence-electron chi connectivity index (χ4n) is 0.936. The van der Waals surface area contributed by atoms with E-state index in [9.17, 15) is 0 Å². The van der Waals surface area contributed by atoms with Crippen molar-refractivity contribution in [3.8, 4) is 0 Å². The van der Waals surface area contributed by atoms with Gasteiger partial charge in [0, 0.05) is 17.9 Å². The van der Waals surface area contributed by atoms with Gasteiger partial charge in [-0.05, 0) is 12.0 Å². The molecule has 0 saturated carbocycles. The first-order valence-corrected chi connectivity index (χ1v) is 4.08. The summed E-state index contributed by atoms with van der Waals surface area (Å²) >= 11 is 5.72. The summed E-state index contributed by atoms with van der Waals surface area (Å²) in [6, 6.07) is 1.93. The van der Waals surface area contributed by atoms with Crippen LogP contribution in [0.4, 0.5) is 0 Å². The molecule has 0 unspecified atom stereocenters. The maximum atomic E-state index is 5.86. The number of hydrogen-bond acceptors (Lipinski definition) is 1. The van der Waals surface area contributed by atoms with Crippen LogP contribution in [0.1, 0.15) is 25.6 Å². The van der Waals surface area contributed by atoms with Gasteiger partial charge < -0.3 is 10.7 Å². The van der Waals surface area contributed by atoms with Crippen LogP contribution in [-0.2, 0) is 0 Å². The molecule has 0 aliphatic rings. The SMILES string of the molecule is CC(C)[C@H](N)c1cc(Cl)c[nH]1. The summed E-state index contributed by atoms with van der Waals surface area (Å²) in [7, 11) is 0. The minimum atomic E-state index is 0.0579. The zero-order chi connectivity index (χ0) is 8.43. The zero-order valence-corrected chi connectivity index (χ0v) is 7.52. The zero-order valence-electron chi connectivity index (χ0n) is 6.76. The summed E-state index contributed by atoms with van der Waals surface area (Å²) in [5, 5.41) is 0.719. The van der Waals surface area contributed by atoms with Gasteiger partial charge in [-0.25, -0.2) is 0 Å². The molecule has 3 N–H and O–H groups in total. The van der Waals surface area contributed by atoms with Crippen LogP contribution in [0.15, 0.2) is 12.3 Å². The first-order valence-electron chi connectivity index (χ1n) is 3.70. The highest BCUT2D eigenvalue weighted by Gasteiger charge is 2.11. The quantitative estimate of drug-likeness (QED) is 0.707. The molecule has 0 aliphatic carbocycles. The maximum Gasteiger partial charge on any atom is 0.0583 e. The van der Waals surface area contributed by atoms with Gasteiger partial charge in [0.05, 0.1) is 5.02 Å². The number of halogens is 1. The monoisotopic (exact) mass is 172 g/mol. The number of nitrogens with one attached hydrogen (secondary N) is 1. The van der Waals surface area contributed by atoms with Gasteiger partial charge in [0.1, 0.15) is 0 Å². The molecule has 0 spiro atoms. The van der Waals surface area contributed by atoms with Gasteiger partial charge in [-0.1, -0.05) is 25.4 Å². The topological polar surface area (TPSA) is 41.8 Å². The van der Waals surface area contributed by atoms with Crippen LogP contribution in [0.3, 0.4) is 0 Å². The Morgan fingerprint density at radius 1 is 1.55 bits per heavy atom. The molecule has 1 aromatic heterocycles. The van der Waals surface area contributed by atoms with Crippen LogP contribution in [0.25, 0.3) is 0 Å². The van der Waals surface area contributed by atoms with E-state index in [1.165, 1.54) is 0 Å². The number of hydrogen-bond donors (Lipinski definition) is 2. The molecule has 1 atom stereocenters. The van der Waals surface area contributed by atoms with Crippen LogP contribution in [0.5, 0.6) is 0 Å². The molecule has 0 aromatic carbocycles. The van der Waals surface area contributed by atoms with Crippen molar-refractivity contribution in [2.24, 2.45) is 11.7 Å². The van der Waals surface area contributed by atoms with Crippen molar-refractivity contribution in [1.82, 2.24) is 4.98 Å². The minimum Gasteiger partial charge on any atom is -0.362 e. The van der Waals surface area contributed by atoms with Gasteiger partial charge in [-0.2, -0.15) is 0 Å². The standard InChI is InChI=1S/C8H13ClN2/c1-5(2)8(10)7-3-6(9)4-11-7/h3-5,8,11H,10H2,1-2H3/t8-/m0/s1. The largest absolute Gasteiger partial charge is 0.362 e. The third kappa shape index (κ3) is 1.98. The second-order valence-electron chi connectivity index (χ2n) is 3.04. The molecule has 0 amide bonds. The Bertz CT molecular complexity index is 230. The summed E-state index contributed by atoms with van der Waals surface area (Å²) in [5.41, 5.74) is 6.87. The molecule has 2 nitrogen and oxygen atoms in total. The molecule has 11 heavy (non-hydrogen) atoms. The van der Waals surface area contributed by atoms with E-state index in [-0.39, 0.29) is 6.04 Å². The Labute approximate surface area is 71.7 Å². The van der Waals surface area contributed by atoms with Gasteiger partial charge in [0.2, 0.25) is 0 Å². The second kappa shape index (κ2) is 3.28. The lowest BCUT2D eigenvalue weighted by atomic mass is 10.0. The lowest BCUT2D eigenvalue weighted by molar-refractivity contribution is 0.505. The smallest absolute Gasteiger partial charge is 0.0583 e. The molecule has 1 aromatic rings. The van der Waals surface area contributed by atoms with Crippen LogP contribution in [0, 0.1) is 5.92 Å². The van der Waals surface area contributed by atoms with Crippen molar-refractivity contribution < 1.29 is 0 Å². The van der Waals surface area contributed by atoms with Crippen molar-refractivity contribution in [3.63, 3.8) is 0 Å². The van der Waals surface area contributed by atoms with Gasteiger partial charge in [-0.15, -0.1) is 0 Å². The summed E-state index contributed by atoms with van der Waals surface area (Å²) in [4.78, 5) is 3.03. The fourth-order valence-corrected chi connectivity index (χ4v) is 1.11. The molecule has 1 heterocycles. The number of aromatic amines is 1. The van der Waals surface area contributed by atoms with E-state index in [0.29, 0.717) is 5.92 Å². The Morgan fingerprint density at radius 2 is 2.18 bits per heavy atom. The Hall–Kier alpha value is -0.470. The molecule has 62 valence electrons. The first kappa shape index (κ1) is 8.62. The van der Waals surface area contributed by atoms with Crippen molar-refractivity contribution in [2.75, 3.05) is 0 Å². The second-order valence-corrected chi connectivity index (χ2v) is 3.48. The molecule has 0 radical (unpaired) electrons.